The predicted octanol–water partition coefficient (Wildman–Crippen LogP) is 2.47. The monoisotopic (exact) mass is 359 g/mol. The standard InChI is InChI=1S/C18H33N3O2.ClH/c1-3-7-13(2)21-12-15(10-17(21)22)18(23)20-16(11-19)14-8-5-4-6-9-14;/h13-16H,3-12,19H2,1-2H3,(H,20,23);1H. The Morgan fingerprint density at radius 2 is 2.00 bits per heavy atom. The minimum absolute atomic E-state index is 0. The highest BCUT2D eigenvalue weighted by molar-refractivity contribution is 5.89. The molecule has 5 nitrogen and oxygen atoms in total. The molecule has 1 aliphatic heterocycles. The molecule has 1 heterocycles. The number of likely N-dealkylation sites (tertiary alicyclic amines) is 1. The largest absolute Gasteiger partial charge is 0.352 e. The molecule has 3 N–H and O–H groups in total. The van der Waals surface area contributed by atoms with Gasteiger partial charge in [-0.05, 0) is 32.1 Å². The van der Waals surface area contributed by atoms with E-state index in [1.807, 2.05) is 4.90 Å². The Morgan fingerprint density at radius 1 is 1.33 bits per heavy atom. The molecule has 24 heavy (non-hydrogen) atoms. The van der Waals surface area contributed by atoms with Crippen LogP contribution >= 0.6 is 12.4 Å². The molecule has 1 saturated carbocycles. The van der Waals surface area contributed by atoms with Gasteiger partial charge >= 0.3 is 0 Å². The van der Waals surface area contributed by atoms with Gasteiger partial charge in [-0.3, -0.25) is 9.59 Å². The van der Waals surface area contributed by atoms with E-state index in [4.69, 9.17) is 5.73 Å². The van der Waals surface area contributed by atoms with Crippen molar-refractivity contribution in [2.75, 3.05) is 13.1 Å². The summed E-state index contributed by atoms with van der Waals surface area (Å²) in [6, 6.07) is 0.300. The number of carbonyl (C=O) groups is 2. The number of nitrogens with zero attached hydrogens (tertiary/aromatic N) is 1. The first kappa shape index (κ1) is 21.2. The molecule has 0 radical (unpaired) electrons. The summed E-state index contributed by atoms with van der Waals surface area (Å²) in [5.74, 6) is 0.433. The van der Waals surface area contributed by atoms with Crippen LogP contribution in [-0.2, 0) is 9.59 Å². The smallest absolute Gasteiger partial charge is 0.225 e. The van der Waals surface area contributed by atoms with Crippen molar-refractivity contribution in [3.05, 3.63) is 0 Å². The van der Waals surface area contributed by atoms with Crippen molar-refractivity contribution in [3.8, 4) is 0 Å². The summed E-state index contributed by atoms with van der Waals surface area (Å²) in [6.07, 6.45) is 8.48. The molecule has 2 amide bonds. The fraction of sp³-hybridized carbons (Fsp3) is 0.889. The Balaban J connectivity index is 0.00000288. The summed E-state index contributed by atoms with van der Waals surface area (Å²) in [7, 11) is 0. The SMILES string of the molecule is CCCC(C)N1CC(C(=O)NC(CN)C2CCCCC2)CC1=O.Cl. The maximum atomic E-state index is 12.6. The Labute approximate surface area is 152 Å². The van der Waals surface area contributed by atoms with E-state index in [9.17, 15) is 9.59 Å². The molecule has 2 rings (SSSR count). The summed E-state index contributed by atoms with van der Waals surface area (Å²) in [5.41, 5.74) is 5.90. The third-order valence-electron chi connectivity index (χ3n) is 5.57. The zero-order valence-electron chi connectivity index (χ0n) is 15.1. The van der Waals surface area contributed by atoms with Gasteiger partial charge in [0.1, 0.15) is 0 Å². The van der Waals surface area contributed by atoms with Crippen LogP contribution in [-0.4, -0.2) is 41.9 Å². The van der Waals surface area contributed by atoms with Crippen LogP contribution in [0.2, 0.25) is 0 Å². The van der Waals surface area contributed by atoms with Gasteiger partial charge < -0.3 is 16.0 Å². The first-order valence-corrected chi connectivity index (χ1v) is 9.36. The maximum Gasteiger partial charge on any atom is 0.225 e. The zero-order valence-corrected chi connectivity index (χ0v) is 15.9. The summed E-state index contributed by atoms with van der Waals surface area (Å²) in [5, 5.41) is 3.15. The molecular formula is C18H34ClN3O2. The van der Waals surface area contributed by atoms with Gasteiger partial charge in [0.25, 0.3) is 0 Å². The van der Waals surface area contributed by atoms with Crippen LogP contribution in [0.5, 0.6) is 0 Å². The predicted molar refractivity (Wildman–Crippen MR) is 99.0 cm³/mol. The first-order valence-electron chi connectivity index (χ1n) is 9.36. The number of rotatable bonds is 7. The fourth-order valence-corrected chi connectivity index (χ4v) is 4.11. The molecule has 2 aliphatic rings. The number of carbonyl (C=O) groups excluding carboxylic acids is 2. The van der Waals surface area contributed by atoms with Crippen molar-refractivity contribution in [1.29, 1.82) is 0 Å². The molecule has 1 saturated heterocycles. The minimum Gasteiger partial charge on any atom is -0.352 e. The Bertz CT molecular complexity index is 413. The van der Waals surface area contributed by atoms with E-state index in [1.165, 1.54) is 19.3 Å². The molecule has 140 valence electrons. The summed E-state index contributed by atoms with van der Waals surface area (Å²) < 4.78 is 0. The van der Waals surface area contributed by atoms with Crippen LogP contribution < -0.4 is 11.1 Å². The summed E-state index contributed by atoms with van der Waals surface area (Å²) in [4.78, 5) is 26.6. The normalized spacial score (nSPS) is 24.4. The van der Waals surface area contributed by atoms with E-state index >= 15 is 0 Å². The Kier molecular flexibility index (Phi) is 9.06. The average Bonchev–Trinajstić information content (AvgIpc) is 2.95. The van der Waals surface area contributed by atoms with Crippen LogP contribution in [0.1, 0.15) is 65.2 Å². The molecule has 0 aromatic rings. The first-order chi connectivity index (χ1) is 11.1. The maximum absolute atomic E-state index is 12.6. The fourth-order valence-electron chi connectivity index (χ4n) is 4.11. The van der Waals surface area contributed by atoms with Gasteiger partial charge in [0, 0.05) is 31.6 Å². The number of hydrogen-bond acceptors (Lipinski definition) is 3. The van der Waals surface area contributed by atoms with E-state index in [-0.39, 0.29) is 42.2 Å². The lowest BCUT2D eigenvalue weighted by Crippen LogP contribution is -2.48. The summed E-state index contributed by atoms with van der Waals surface area (Å²) in [6.45, 7) is 5.25. The number of halogens is 1. The number of amides is 2. The highest BCUT2D eigenvalue weighted by atomic mass is 35.5. The van der Waals surface area contributed by atoms with E-state index < -0.39 is 0 Å². The van der Waals surface area contributed by atoms with Crippen LogP contribution in [0.4, 0.5) is 0 Å². The molecule has 2 fully saturated rings. The quantitative estimate of drug-likeness (QED) is 0.733. The second-order valence-corrected chi connectivity index (χ2v) is 7.33. The lowest BCUT2D eigenvalue weighted by atomic mass is 9.83. The molecule has 0 aromatic carbocycles. The average molecular weight is 360 g/mol. The topological polar surface area (TPSA) is 75.4 Å². The third-order valence-corrected chi connectivity index (χ3v) is 5.57. The Morgan fingerprint density at radius 3 is 2.58 bits per heavy atom. The molecular weight excluding hydrogens is 326 g/mol. The highest BCUT2D eigenvalue weighted by Gasteiger charge is 2.37. The molecule has 0 aromatic heterocycles. The van der Waals surface area contributed by atoms with Crippen molar-refractivity contribution in [2.45, 2.75) is 77.3 Å². The van der Waals surface area contributed by atoms with Gasteiger partial charge in [-0.25, -0.2) is 0 Å². The van der Waals surface area contributed by atoms with Gasteiger partial charge in [0.15, 0.2) is 0 Å². The van der Waals surface area contributed by atoms with Crippen LogP contribution in [0.25, 0.3) is 0 Å². The second-order valence-electron chi connectivity index (χ2n) is 7.33. The van der Waals surface area contributed by atoms with Crippen molar-refractivity contribution in [3.63, 3.8) is 0 Å². The van der Waals surface area contributed by atoms with Gasteiger partial charge in [0.05, 0.1) is 5.92 Å². The van der Waals surface area contributed by atoms with Crippen LogP contribution in [0.3, 0.4) is 0 Å². The second kappa shape index (κ2) is 10.2. The van der Waals surface area contributed by atoms with Crippen LogP contribution in [0.15, 0.2) is 0 Å². The van der Waals surface area contributed by atoms with Gasteiger partial charge in [-0.15, -0.1) is 12.4 Å². The zero-order chi connectivity index (χ0) is 16.8. The summed E-state index contributed by atoms with van der Waals surface area (Å²) >= 11 is 0. The number of nitrogens with one attached hydrogen (secondary N) is 1. The van der Waals surface area contributed by atoms with Gasteiger partial charge in [-0.2, -0.15) is 0 Å². The minimum atomic E-state index is -0.209. The Hall–Kier alpha value is -0.810. The van der Waals surface area contributed by atoms with E-state index in [1.54, 1.807) is 0 Å². The van der Waals surface area contributed by atoms with E-state index in [0.717, 1.165) is 25.7 Å². The molecule has 0 bridgehead atoms. The van der Waals surface area contributed by atoms with Crippen molar-refractivity contribution in [1.82, 2.24) is 10.2 Å². The lowest BCUT2D eigenvalue weighted by Gasteiger charge is -2.31. The highest BCUT2D eigenvalue weighted by Crippen LogP contribution is 2.27. The van der Waals surface area contributed by atoms with Gasteiger partial charge in [-0.1, -0.05) is 32.6 Å². The van der Waals surface area contributed by atoms with Crippen molar-refractivity contribution >= 4 is 24.2 Å². The number of nitrogens with two attached hydrogens (primary N) is 1. The van der Waals surface area contributed by atoms with Crippen molar-refractivity contribution in [2.24, 2.45) is 17.6 Å². The van der Waals surface area contributed by atoms with Gasteiger partial charge in [0.2, 0.25) is 11.8 Å². The van der Waals surface area contributed by atoms with E-state index in [0.29, 0.717) is 25.4 Å². The van der Waals surface area contributed by atoms with Crippen LogP contribution in [0, 0.1) is 11.8 Å². The number of hydrogen-bond donors (Lipinski definition) is 2. The molecule has 3 unspecified atom stereocenters. The lowest BCUT2D eigenvalue weighted by molar-refractivity contribution is -0.130. The van der Waals surface area contributed by atoms with Crippen molar-refractivity contribution < 1.29 is 9.59 Å². The van der Waals surface area contributed by atoms with E-state index in [2.05, 4.69) is 19.2 Å². The molecule has 6 heteroatoms. The molecule has 0 spiro atoms. The molecule has 3 atom stereocenters. The third kappa shape index (κ3) is 5.35. The molecule has 1 aliphatic carbocycles.